The van der Waals surface area contributed by atoms with Crippen molar-refractivity contribution in [3.05, 3.63) is 46.7 Å². The highest BCUT2D eigenvalue weighted by molar-refractivity contribution is 6.30. The van der Waals surface area contributed by atoms with E-state index in [0.29, 0.717) is 11.1 Å². The van der Waals surface area contributed by atoms with Crippen molar-refractivity contribution in [2.75, 3.05) is 0 Å². The number of halogens is 1. The maximum Gasteiger partial charge on any atom is 0.0790 e. The van der Waals surface area contributed by atoms with Crippen molar-refractivity contribution in [3.63, 3.8) is 0 Å². The van der Waals surface area contributed by atoms with E-state index in [9.17, 15) is 0 Å². The molecule has 0 fully saturated rings. The van der Waals surface area contributed by atoms with Gasteiger partial charge >= 0.3 is 0 Å². The van der Waals surface area contributed by atoms with Gasteiger partial charge in [-0.3, -0.25) is 0 Å². The van der Waals surface area contributed by atoms with Crippen LogP contribution in [0.2, 0.25) is 5.02 Å². The molecule has 0 amide bonds. The fourth-order valence-electron chi connectivity index (χ4n) is 1.84. The number of nitrogens with zero attached hydrogens (tertiary/aromatic N) is 2. The smallest absolute Gasteiger partial charge is 0.0790 e. The van der Waals surface area contributed by atoms with Crippen LogP contribution in [0.4, 0.5) is 0 Å². The van der Waals surface area contributed by atoms with Crippen LogP contribution >= 0.6 is 11.6 Å². The Morgan fingerprint density at radius 1 is 1.39 bits per heavy atom. The molecule has 0 bridgehead atoms. The van der Waals surface area contributed by atoms with Crippen molar-refractivity contribution in [2.24, 2.45) is 0 Å². The SMILES string of the molecule is Cc1cc(CNC(C)C)ccc1-n1cc(Cl)cn1. The number of benzene rings is 1. The van der Waals surface area contributed by atoms with Crippen molar-refractivity contribution < 1.29 is 0 Å². The molecule has 1 aromatic carbocycles. The van der Waals surface area contributed by atoms with Gasteiger partial charge in [0, 0.05) is 18.8 Å². The average molecular weight is 264 g/mol. The van der Waals surface area contributed by atoms with Crippen molar-refractivity contribution in [2.45, 2.75) is 33.4 Å². The number of aryl methyl sites for hydroxylation is 1. The third-order valence-electron chi connectivity index (χ3n) is 2.77. The number of rotatable bonds is 4. The molecule has 2 aromatic rings. The topological polar surface area (TPSA) is 29.9 Å². The van der Waals surface area contributed by atoms with E-state index in [1.165, 1.54) is 11.1 Å². The monoisotopic (exact) mass is 263 g/mol. The third kappa shape index (κ3) is 3.12. The lowest BCUT2D eigenvalue weighted by Crippen LogP contribution is -2.21. The molecule has 1 aromatic heterocycles. The fourth-order valence-corrected chi connectivity index (χ4v) is 1.98. The summed E-state index contributed by atoms with van der Waals surface area (Å²) in [7, 11) is 0. The normalized spacial score (nSPS) is 11.2. The van der Waals surface area contributed by atoms with Crippen LogP contribution in [0.3, 0.4) is 0 Å². The van der Waals surface area contributed by atoms with E-state index in [-0.39, 0.29) is 0 Å². The van der Waals surface area contributed by atoms with Gasteiger partial charge in [0.05, 0.1) is 16.9 Å². The first-order chi connectivity index (χ1) is 8.56. The highest BCUT2D eigenvalue weighted by Gasteiger charge is 2.04. The molecule has 0 atom stereocenters. The maximum absolute atomic E-state index is 5.89. The van der Waals surface area contributed by atoms with Crippen LogP contribution in [-0.2, 0) is 6.54 Å². The van der Waals surface area contributed by atoms with Gasteiger partial charge in [-0.05, 0) is 24.1 Å². The first-order valence-electron chi connectivity index (χ1n) is 6.09. The first kappa shape index (κ1) is 13.1. The lowest BCUT2D eigenvalue weighted by molar-refractivity contribution is 0.588. The molecule has 96 valence electrons. The molecule has 0 aliphatic rings. The lowest BCUT2D eigenvalue weighted by Gasteiger charge is -2.11. The van der Waals surface area contributed by atoms with E-state index in [4.69, 9.17) is 11.6 Å². The van der Waals surface area contributed by atoms with E-state index >= 15 is 0 Å². The minimum atomic E-state index is 0.495. The van der Waals surface area contributed by atoms with E-state index in [2.05, 4.69) is 49.4 Å². The minimum absolute atomic E-state index is 0.495. The minimum Gasteiger partial charge on any atom is -0.310 e. The summed E-state index contributed by atoms with van der Waals surface area (Å²) in [6, 6.07) is 6.87. The van der Waals surface area contributed by atoms with Gasteiger partial charge in [-0.25, -0.2) is 4.68 Å². The van der Waals surface area contributed by atoms with Crippen molar-refractivity contribution in [3.8, 4) is 5.69 Å². The zero-order chi connectivity index (χ0) is 13.1. The maximum atomic E-state index is 5.89. The summed E-state index contributed by atoms with van der Waals surface area (Å²) >= 11 is 5.89. The second-order valence-electron chi connectivity index (χ2n) is 4.76. The molecule has 0 aliphatic heterocycles. The van der Waals surface area contributed by atoms with Gasteiger partial charge in [-0.15, -0.1) is 0 Å². The molecule has 3 nitrogen and oxygen atoms in total. The molecule has 1 N–H and O–H groups in total. The summed E-state index contributed by atoms with van der Waals surface area (Å²) in [6.45, 7) is 7.27. The molecule has 1 heterocycles. The summed E-state index contributed by atoms with van der Waals surface area (Å²) in [5, 5.41) is 8.28. The second kappa shape index (κ2) is 5.55. The van der Waals surface area contributed by atoms with Crippen LogP contribution in [0.15, 0.2) is 30.6 Å². The van der Waals surface area contributed by atoms with Crippen LogP contribution in [0.5, 0.6) is 0 Å². The second-order valence-corrected chi connectivity index (χ2v) is 5.20. The molecule has 2 rings (SSSR count). The summed E-state index contributed by atoms with van der Waals surface area (Å²) in [6.07, 6.45) is 3.46. The Kier molecular flexibility index (Phi) is 4.04. The van der Waals surface area contributed by atoms with E-state index < -0.39 is 0 Å². The third-order valence-corrected chi connectivity index (χ3v) is 2.97. The fraction of sp³-hybridized carbons (Fsp3) is 0.357. The largest absolute Gasteiger partial charge is 0.310 e. The predicted octanol–water partition coefficient (Wildman–Crippen LogP) is 3.33. The van der Waals surface area contributed by atoms with Gasteiger partial charge in [0.2, 0.25) is 0 Å². The summed E-state index contributed by atoms with van der Waals surface area (Å²) < 4.78 is 1.80. The molecule has 4 heteroatoms. The van der Waals surface area contributed by atoms with Crippen molar-refractivity contribution >= 4 is 11.6 Å². The summed E-state index contributed by atoms with van der Waals surface area (Å²) in [5.74, 6) is 0. The van der Waals surface area contributed by atoms with Crippen LogP contribution < -0.4 is 5.32 Å². The van der Waals surface area contributed by atoms with Crippen LogP contribution in [0.25, 0.3) is 5.69 Å². The van der Waals surface area contributed by atoms with Gasteiger partial charge in [-0.1, -0.05) is 37.6 Å². The van der Waals surface area contributed by atoms with E-state index in [1.54, 1.807) is 10.9 Å². The molecule has 0 unspecified atom stereocenters. The number of nitrogens with one attached hydrogen (secondary N) is 1. The Balaban J connectivity index is 2.20. The highest BCUT2D eigenvalue weighted by Crippen LogP contribution is 2.17. The van der Waals surface area contributed by atoms with E-state index in [1.807, 2.05) is 6.20 Å². The Morgan fingerprint density at radius 3 is 2.72 bits per heavy atom. The van der Waals surface area contributed by atoms with Crippen LogP contribution in [0, 0.1) is 6.92 Å². The number of hydrogen-bond donors (Lipinski definition) is 1. The molecule has 0 saturated carbocycles. The lowest BCUT2D eigenvalue weighted by atomic mass is 10.1. The van der Waals surface area contributed by atoms with Gasteiger partial charge in [0.1, 0.15) is 0 Å². The van der Waals surface area contributed by atoms with Gasteiger partial charge < -0.3 is 5.32 Å². The molecule has 0 spiro atoms. The average Bonchev–Trinajstić information content (AvgIpc) is 2.73. The molecule has 18 heavy (non-hydrogen) atoms. The van der Waals surface area contributed by atoms with Crippen LogP contribution in [0.1, 0.15) is 25.0 Å². The Morgan fingerprint density at radius 2 is 2.17 bits per heavy atom. The standard InChI is InChI=1S/C14H18ClN3/c1-10(2)16-7-12-4-5-14(11(3)6-12)18-9-13(15)8-17-18/h4-6,8-10,16H,7H2,1-3H3. The Bertz CT molecular complexity index is 532. The van der Waals surface area contributed by atoms with E-state index in [0.717, 1.165) is 12.2 Å². The Hall–Kier alpha value is -1.32. The summed E-state index contributed by atoms with van der Waals surface area (Å²) in [4.78, 5) is 0. The molecule has 0 saturated heterocycles. The van der Waals surface area contributed by atoms with Crippen molar-refractivity contribution in [1.82, 2.24) is 15.1 Å². The van der Waals surface area contributed by atoms with Gasteiger partial charge in [0.25, 0.3) is 0 Å². The molecule has 0 radical (unpaired) electrons. The zero-order valence-electron chi connectivity index (χ0n) is 10.9. The quantitative estimate of drug-likeness (QED) is 0.917. The van der Waals surface area contributed by atoms with Gasteiger partial charge in [-0.2, -0.15) is 5.10 Å². The molecule has 0 aliphatic carbocycles. The molecular weight excluding hydrogens is 246 g/mol. The number of hydrogen-bond acceptors (Lipinski definition) is 2. The van der Waals surface area contributed by atoms with Crippen LogP contribution in [-0.4, -0.2) is 15.8 Å². The first-order valence-corrected chi connectivity index (χ1v) is 6.47. The zero-order valence-corrected chi connectivity index (χ0v) is 11.7. The van der Waals surface area contributed by atoms with Crippen molar-refractivity contribution in [1.29, 1.82) is 0 Å². The Labute approximate surface area is 113 Å². The predicted molar refractivity (Wildman–Crippen MR) is 75.3 cm³/mol. The molecular formula is C14H18ClN3. The highest BCUT2D eigenvalue weighted by atomic mass is 35.5. The summed E-state index contributed by atoms with van der Waals surface area (Å²) in [5.41, 5.74) is 3.54. The number of aromatic nitrogens is 2. The van der Waals surface area contributed by atoms with Gasteiger partial charge in [0.15, 0.2) is 0 Å².